The summed E-state index contributed by atoms with van der Waals surface area (Å²) >= 11 is 1.56. The number of aromatic nitrogens is 1. The predicted octanol–water partition coefficient (Wildman–Crippen LogP) is 0.868. The van der Waals surface area contributed by atoms with E-state index in [9.17, 15) is 4.79 Å². The molecule has 1 amide bonds. The van der Waals surface area contributed by atoms with E-state index in [2.05, 4.69) is 4.98 Å². The zero-order valence-corrected chi connectivity index (χ0v) is 9.33. The smallest absolute Gasteiger partial charge is 0.229 e. The summed E-state index contributed by atoms with van der Waals surface area (Å²) in [6.45, 7) is 0.573. The first-order valence-corrected chi connectivity index (χ1v) is 6.00. The molecule has 1 aliphatic rings. The van der Waals surface area contributed by atoms with Crippen LogP contribution in [0.5, 0.6) is 0 Å². The van der Waals surface area contributed by atoms with Crippen LogP contribution in [0, 0.1) is 0 Å². The van der Waals surface area contributed by atoms with Gasteiger partial charge >= 0.3 is 0 Å². The van der Waals surface area contributed by atoms with Crippen molar-refractivity contribution in [1.29, 1.82) is 0 Å². The lowest BCUT2D eigenvalue weighted by molar-refractivity contribution is -0.117. The standard InChI is InChI=1S/C10H13N3OS/c1-15-9-4-2-3-8(12-9)13-6-7(11)5-10(13)14/h2-4,7H,5-6,11H2,1H3. The highest BCUT2D eigenvalue weighted by Crippen LogP contribution is 2.21. The molecule has 1 aromatic rings. The molecular formula is C10H13N3OS. The van der Waals surface area contributed by atoms with Crippen LogP contribution in [0.4, 0.5) is 5.82 Å². The van der Waals surface area contributed by atoms with Gasteiger partial charge < -0.3 is 5.73 Å². The Morgan fingerprint density at radius 3 is 3.00 bits per heavy atom. The van der Waals surface area contributed by atoms with E-state index in [1.807, 2.05) is 24.5 Å². The highest BCUT2D eigenvalue weighted by molar-refractivity contribution is 7.98. The van der Waals surface area contributed by atoms with E-state index in [0.717, 1.165) is 5.03 Å². The molecule has 1 unspecified atom stereocenters. The van der Waals surface area contributed by atoms with E-state index >= 15 is 0 Å². The molecule has 1 aromatic heterocycles. The monoisotopic (exact) mass is 223 g/mol. The SMILES string of the molecule is CSc1cccc(N2CC(N)CC2=O)n1. The number of hydrogen-bond acceptors (Lipinski definition) is 4. The molecule has 5 heteroatoms. The van der Waals surface area contributed by atoms with Crippen LogP contribution in [0.1, 0.15) is 6.42 Å². The molecule has 2 rings (SSSR count). The molecule has 0 bridgehead atoms. The van der Waals surface area contributed by atoms with Crippen LogP contribution in [-0.4, -0.2) is 29.7 Å². The number of rotatable bonds is 2. The Kier molecular flexibility index (Phi) is 2.93. The van der Waals surface area contributed by atoms with E-state index in [1.54, 1.807) is 16.7 Å². The molecule has 1 atom stereocenters. The van der Waals surface area contributed by atoms with Crippen molar-refractivity contribution in [2.24, 2.45) is 5.73 Å². The Hall–Kier alpha value is -1.07. The van der Waals surface area contributed by atoms with Gasteiger partial charge in [0.2, 0.25) is 5.91 Å². The summed E-state index contributed by atoms with van der Waals surface area (Å²) < 4.78 is 0. The quantitative estimate of drug-likeness (QED) is 0.756. The fraction of sp³-hybridized carbons (Fsp3) is 0.400. The van der Waals surface area contributed by atoms with Gasteiger partial charge in [0.1, 0.15) is 5.82 Å². The van der Waals surface area contributed by atoms with Gasteiger partial charge in [-0.25, -0.2) is 4.98 Å². The van der Waals surface area contributed by atoms with Gasteiger partial charge in [0.15, 0.2) is 0 Å². The Bertz CT molecular complexity index is 383. The lowest BCUT2D eigenvalue weighted by Crippen LogP contribution is -2.28. The van der Waals surface area contributed by atoms with Crippen molar-refractivity contribution in [1.82, 2.24) is 4.98 Å². The summed E-state index contributed by atoms with van der Waals surface area (Å²) in [4.78, 5) is 17.6. The number of pyridine rings is 1. The molecule has 4 nitrogen and oxygen atoms in total. The maximum Gasteiger partial charge on any atom is 0.229 e. The third-order valence-electron chi connectivity index (χ3n) is 2.35. The lowest BCUT2D eigenvalue weighted by Gasteiger charge is -2.15. The van der Waals surface area contributed by atoms with Crippen molar-refractivity contribution in [3.8, 4) is 0 Å². The molecule has 0 radical (unpaired) electrons. The molecule has 1 saturated heterocycles. The number of nitrogens with zero attached hydrogens (tertiary/aromatic N) is 2. The molecule has 0 saturated carbocycles. The Labute approximate surface area is 92.9 Å². The molecule has 0 aliphatic carbocycles. The molecule has 1 aliphatic heterocycles. The average molecular weight is 223 g/mol. The van der Waals surface area contributed by atoms with Gasteiger partial charge in [-0.2, -0.15) is 0 Å². The number of nitrogens with two attached hydrogens (primary N) is 1. The van der Waals surface area contributed by atoms with Crippen LogP contribution in [0.15, 0.2) is 23.2 Å². The van der Waals surface area contributed by atoms with Crippen LogP contribution in [-0.2, 0) is 4.79 Å². The number of carbonyl (C=O) groups excluding carboxylic acids is 1. The van der Waals surface area contributed by atoms with Gasteiger partial charge in [-0.1, -0.05) is 6.07 Å². The Morgan fingerprint density at radius 2 is 2.40 bits per heavy atom. The maximum atomic E-state index is 11.6. The number of amides is 1. The highest BCUT2D eigenvalue weighted by atomic mass is 32.2. The van der Waals surface area contributed by atoms with Crippen molar-refractivity contribution in [2.45, 2.75) is 17.5 Å². The van der Waals surface area contributed by atoms with Crippen molar-refractivity contribution in [3.63, 3.8) is 0 Å². The van der Waals surface area contributed by atoms with Gasteiger partial charge in [-0.05, 0) is 18.4 Å². The first kappa shape index (κ1) is 10.4. The van der Waals surface area contributed by atoms with E-state index in [1.165, 1.54) is 0 Å². The van der Waals surface area contributed by atoms with Crippen LogP contribution < -0.4 is 10.6 Å². The van der Waals surface area contributed by atoms with Crippen LogP contribution in [0.25, 0.3) is 0 Å². The van der Waals surface area contributed by atoms with Gasteiger partial charge in [-0.15, -0.1) is 11.8 Å². The van der Waals surface area contributed by atoms with Gasteiger partial charge in [0, 0.05) is 19.0 Å². The third-order valence-corrected chi connectivity index (χ3v) is 3.00. The molecule has 0 spiro atoms. The molecule has 15 heavy (non-hydrogen) atoms. The largest absolute Gasteiger partial charge is 0.326 e. The molecule has 0 aromatic carbocycles. The minimum Gasteiger partial charge on any atom is -0.326 e. The second-order valence-electron chi connectivity index (χ2n) is 3.51. The topological polar surface area (TPSA) is 59.2 Å². The molecular weight excluding hydrogens is 210 g/mol. The van der Waals surface area contributed by atoms with Gasteiger partial charge in [0.05, 0.1) is 5.03 Å². The Balaban J connectivity index is 2.25. The zero-order chi connectivity index (χ0) is 10.8. The summed E-state index contributed by atoms with van der Waals surface area (Å²) in [5, 5.41) is 0.917. The van der Waals surface area contributed by atoms with Crippen molar-refractivity contribution < 1.29 is 4.79 Å². The first-order valence-electron chi connectivity index (χ1n) is 4.77. The highest BCUT2D eigenvalue weighted by Gasteiger charge is 2.28. The number of carbonyl (C=O) groups is 1. The van der Waals surface area contributed by atoms with Crippen LogP contribution >= 0.6 is 11.8 Å². The summed E-state index contributed by atoms with van der Waals surface area (Å²) in [5.41, 5.74) is 5.73. The van der Waals surface area contributed by atoms with E-state index < -0.39 is 0 Å². The minimum atomic E-state index is -0.0581. The number of anilines is 1. The normalized spacial score (nSPS) is 21.1. The zero-order valence-electron chi connectivity index (χ0n) is 8.51. The van der Waals surface area contributed by atoms with Crippen molar-refractivity contribution in [2.75, 3.05) is 17.7 Å². The lowest BCUT2D eigenvalue weighted by atomic mass is 10.3. The average Bonchev–Trinajstić information content (AvgIpc) is 2.58. The molecule has 2 heterocycles. The molecule has 2 N–H and O–H groups in total. The second-order valence-corrected chi connectivity index (χ2v) is 4.33. The Morgan fingerprint density at radius 1 is 1.60 bits per heavy atom. The fourth-order valence-electron chi connectivity index (χ4n) is 1.62. The summed E-state index contributed by atoms with van der Waals surface area (Å²) in [6.07, 6.45) is 2.38. The van der Waals surface area contributed by atoms with Crippen molar-refractivity contribution in [3.05, 3.63) is 18.2 Å². The number of thioether (sulfide) groups is 1. The first-order chi connectivity index (χ1) is 7.20. The summed E-state index contributed by atoms with van der Waals surface area (Å²) in [5.74, 6) is 0.771. The summed E-state index contributed by atoms with van der Waals surface area (Å²) in [6, 6.07) is 5.62. The van der Waals surface area contributed by atoms with Crippen molar-refractivity contribution >= 4 is 23.5 Å². The maximum absolute atomic E-state index is 11.6. The second kappa shape index (κ2) is 4.20. The third kappa shape index (κ3) is 2.13. The van der Waals surface area contributed by atoms with Crippen LogP contribution in [0.3, 0.4) is 0 Å². The van der Waals surface area contributed by atoms with Gasteiger partial charge in [-0.3, -0.25) is 9.69 Å². The predicted molar refractivity (Wildman–Crippen MR) is 61.0 cm³/mol. The molecule has 1 fully saturated rings. The van der Waals surface area contributed by atoms with E-state index in [0.29, 0.717) is 18.8 Å². The summed E-state index contributed by atoms with van der Waals surface area (Å²) in [7, 11) is 0. The minimum absolute atomic E-state index is 0.0581. The van der Waals surface area contributed by atoms with E-state index in [-0.39, 0.29) is 11.9 Å². The van der Waals surface area contributed by atoms with E-state index in [4.69, 9.17) is 5.73 Å². The van der Waals surface area contributed by atoms with Crippen LogP contribution in [0.2, 0.25) is 0 Å². The fourth-order valence-corrected chi connectivity index (χ4v) is 2.02. The number of hydrogen-bond donors (Lipinski definition) is 1. The van der Waals surface area contributed by atoms with Gasteiger partial charge in [0.25, 0.3) is 0 Å². The molecule has 80 valence electrons.